The second-order valence-electron chi connectivity index (χ2n) is 7.03. The minimum absolute atomic E-state index is 0.115. The summed E-state index contributed by atoms with van der Waals surface area (Å²) in [5.41, 5.74) is 3.38. The number of hydrogen-bond donors (Lipinski definition) is 1. The van der Waals surface area contributed by atoms with Gasteiger partial charge in [0.2, 0.25) is 11.8 Å². The number of thiazole rings is 1. The van der Waals surface area contributed by atoms with E-state index in [1.54, 1.807) is 23.6 Å². The molecule has 0 aliphatic carbocycles. The highest BCUT2D eigenvalue weighted by atomic mass is 32.1. The number of aryl methyl sites for hydroxylation is 1. The van der Waals surface area contributed by atoms with E-state index >= 15 is 0 Å². The topological polar surface area (TPSA) is 80.9 Å². The molecule has 6 nitrogen and oxygen atoms in total. The molecule has 0 atom stereocenters. The first-order valence-electron chi connectivity index (χ1n) is 9.79. The molecule has 5 aromatic rings. The van der Waals surface area contributed by atoms with Crippen LogP contribution in [0, 0.1) is 6.92 Å². The van der Waals surface area contributed by atoms with Crippen molar-refractivity contribution in [2.24, 2.45) is 0 Å². The van der Waals surface area contributed by atoms with Gasteiger partial charge in [-0.3, -0.25) is 4.79 Å². The Balaban J connectivity index is 1.27. The predicted octanol–water partition coefficient (Wildman–Crippen LogP) is 5.50. The summed E-state index contributed by atoms with van der Waals surface area (Å²) in [6, 6.07) is 21.3. The average molecular weight is 427 g/mol. The molecule has 0 unspecified atom stereocenters. The smallest absolute Gasteiger partial charge is 0.231 e. The van der Waals surface area contributed by atoms with Gasteiger partial charge in [-0.05, 0) is 43.3 Å². The Morgan fingerprint density at radius 3 is 2.55 bits per heavy atom. The van der Waals surface area contributed by atoms with Crippen LogP contribution in [0.25, 0.3) is 32.2 Å². The standard InChI is InChI=1S/C24H18N4O2S/c1-15-19(26-23(30-15)16-7-3-2-4-8-16)13-22(29)28-21-12-11-17(14-25-21)24-27-18-9-5-6-10-20(18)31-24/h2-12,14H,13H2,1H3,(H,25,28,29). The van der Waals surface area contributed by atoms with E-state index in [4.69, 9.17) is 4.42 Å². The van der Waals surface area contributed by atoms with E-state index in [1.165, 1.54) is 0 Å². The second-order valence-corrected chi connectivity index (χ2v) is 8.06. The van der Waals surface area contributed by atoms with Crippen LogP contribution in [-0.2, 0) is 11.2 Å². The molecule has 3 aromatic heterocycles. The highest BCUT2D eigenvalue weighted by Crippen LogP contribution is 2.30. The Kier molecular flexibility index (Phi) is 5.01. The lowest BCUT2D eigenvalue weighted by Gasteiger charge is -2.04. The zero-order valence-electron chi connectivity index (χ0n) is 16.7. The van der Waals surface area contributed by atoms with Crippen LogP contribution in [0.3, 0.4) is 0 Å². The molecule has 152 valence electrons. The summed E-state index contributed by atoms with van der Waals surface area (Å²) in [6.07, 6.45) is 1.84. The monoisotopic (exact) mass is 426 g/mol. The van der Waals surface area contributed by atoms with Crippen molar-refractivity contribution in [1.82, 2.24) is 15.0 Å². The van der Waals surface area contributed by atoms with Gasteiger partial charge in [0.05, 0.1) is 22.3 Å². The minimum Gasteiger partial charge on any atom is -0.441 e. The van der Waals surface area contributed by atoms with Crippen LogP contribution in [-0.4, -0.2) is 20.9 Å². The number of nitrogens with one attached hydrogen (secondary N) is 1. The predicted molar refractivity (Wildman–Crippen MR) is 122 cm³/mol. The number of fused-ring (bicyclic) bond motifs is 1. The van der Waals surface area contributed by atoms with Crippen molar-refractivity contribution in [3.05, 3.63) is 84.4 Å². The molecule has 0 saturated carbocycles. The van der Waals surface area contributed by atoms with Crippen molar-refractivity contribution >= 4 is 33.3 Å². The number of nitrogens with zero attached hydrogens (tertiary/aromatic N) is 3. The molecule has 0 radical (unpaired) electrons. The fourth-order valence-corrected chi connectivity index (χ4v) is 4.18. The summed E-state index contributed by atoms with van der Waals surface area (Å²) in [5.74, 6) is 1.43. The summed E-state index contributed by atoms with van der Waals surface area (Å²) in [5, 5.41) is 3.72. The van der Waals surface area contributed by atoms with Crippen LogP contribution in [0.4, 0.5) is 5.82 Å². The molecule has 7 heteroatoms. The maximum atomic E-state index is 12.5. The van der Waals surface area contributed by atoms with Crippen LogP contribution < -0.4 is 5.32 Å². The van der Waals surface area contributed by atoms with E-state index in [-0.39, 0.29) is 12.3 Å². The highest BCUT2D eigenvalue weighted by Gasteiger charge is 2.15. The number of amides is 1. The third kappa shape index (κ3) is 4.08. The van der Waals surface area contributed by atoms with Crippen molar-refractivity contribution in [3.8, 4) is 22.0 Å². The van der Waals surface area contributed by atoms with Gasteiger partial charge in [-0.1, -0.05) is 30.3 Å². The fraction of sp³-hybridized carbons (Fsp3) is 0.0833. The molecule has 0 spiro atoms. The molecule has 1 amide bonds. The Hall–Kier alpha value is -3.84. The molecule has 0 aliphatic heterocycles. The molecule has 0 bridgehead atoms. The lowest BCUT2D eigenvalue weighted by Crippen LogP contribution is -2.16. The molecule has 0 fully saturated rings. The quantitative estimate of drug-likeness (QED) is 0.401. The maximum absolute atomic E-state index is 12.5. The minimum atomic E-state index is -0.198. The molecule has 5 rings (SSSR count). The van der Waals surface area contributed by atoms with Crippen molar-refractivity contribution in [3.63, 3.8) is 0 Å². The fourth-order valence-electron chi connectivity index (χ4n) is 3.23. The van der Waals surface area contributed by atoms with Crippen molar-refractivity contribution in [1.29, 1.82) is 0 Å². The lowest BCUT2D eigenvalue weighted by molar-refractivity contribution is -0.115. The largest absolute Gasteiger partial charge is 0.441 e. The number of rotatable bonds is 5. The van der Waals surface area contributed by atoms with E-state index in [1.807, 2.05) is 67.6 Å². The lowest BCUT2D eigenvalue weighted by atomic mass is 10.2. The second kappa shape index (κ2) is 8.12. The zero-order chi connectivity index (χ0) is 21.2. The van der Waals surface area contributed by atoms with Gasteiger partial charge >= 0.3 is 0 Å². The van der Waals surface area contributed by atoms with E-state index in [9.17, 15) is 4.79 Å². The summed E-state index contributed by atoms with van der Waals surface area (Å²) >= 11 is 1.62. The van der Waals surface area contributed by atoms with Crippen molar-refractivity contribution in [2.75, 3.05) is 5.32 Å². The van der Waals surface area contributed by atoms with Crippen LogP contribution in [0.1, 0.15) is 11.5 Å². The van der Waals surface area contributed by atoms with E-state index in [0.29, 0.717) is 23.2 Å². The molecular weight excluding hydrogens is 408 g/mol. The summed E-state index contributed by atoms with van der Waals surface area (Å²) in [7, 11) is 0. The number of aromatic nitrogens is 3. The summed E-state index contributed by atoms with van der Waals surface area (Å²) < 4.78 is 6.86. The number of carbonyl (C=O) groups is 1. The van der Waals surface area contributed by atoms with Gasteiger partial charge in [0.25, 0.3) is 0 Å². The van der Waals surface area contributed by atoms with Crippen molar-refractivity contribution < 1.29 is 9.21 Å². The molecule has 31 heavy (non-hydrogen) atoms. The number of carbonyl (C=O) groups excluding carboxylic acids is 1. The number of oxazole rings is 1. The van der Waals surface area contributed by atoms with E-state index in [2.05, 4.69) is 20.3 Å². The summed E-state index contributed by atoms with van der Waals surface area (Å²) in [4.78, 5) is 26.0. The molecule has 3 heterocycles. The number of benzene rings is 2. The molecule has 0 aliphatic rings. The van der Waals surface area contributed by atoms with Crippen LogP contribution in [0.2, 0.25) is 0 Å². The Morgan fingerprint density at radius 2 is 1.77 bits per heavy atom. The molecular formula is C24H18N4O2S. The van der Waals surface area contributed by atoms with Gasteiger partial charge in [-0.25, -0.2) is 15.0 Å². The Bertz CT molecular complexity index is 1320. The van der Waals surface area contributed by atoms with Crippen LogP contribution in [0.5, 0.6) is 0 Å². The number of pyridine rings is 1. The van der Waals surface area contributed by atoms with Gasteiger partial charge in [-0.15, -0.1) is 11.3 Å². The van der Waals surface area contributed by atoms with Gasteiger partial charge in [0, 0.05) is 17.3 Å². The van der Waals surface area contributed by atoms with Gasteiger partial charge in [0.15, 0.2) is 0 Å². The third-order valence-corrected chi connectivity index (χ3v) is 5.90. The van der Waals surface area contributed by atoms with E-state index < -0.39 is 0 Å². The molecule has 1 N–H and O–H groups in total. The third-order valence-electron chi connectivity index (χ3n) is 4.81. The number of para-hydroxylation sites is 1. The van der Waals surface area contributed by atoms with E-state index in [0.717, 1.165) is 26.4 Å². The first-order chi connectivity index (χ1) is 15.2. The van der Waals surface area contributed by atoms with Gasteiger partial charge in [-0.2, -0.15) is 0 Å². The van der Waals surface area contributed by atoms with Crippen molar-refractivity contribution in [2.45, 2.75) is 13.3 Å². The molecule has 2 aromatic carbocycles. The highest BCUT2D eigenvalue weighted by molar-refractivity contribution is 7.21. The normalized spacial score (nSPS) is 11.0. The number of hydrogen-bond acceptors (Lipinski definition) is 6. The average Bonchev–Trinajstić information content (AvgIpc) is 3.38. The molecule has 0 saturated heterocycles. The first kappa shape index (κ1) is 19.1. The zero-order valence-corrected chi connectivity index (χ0v) is 17.5. The SMILES string of the molecule is Cc1oc(-c2ccccc2)nc1CC(=O)Nc1ccc(-c2nc3ccccc3s2)cn1. The van der Waals surface area contributed by atoms with Crippen LogP contribution >= 0.6 is 11.3 Å². The van der Waals surface area contributed by atoms with Gasteiger partial charge < -0.3 is 9.73 Å². The van der Waals surface area contributed by atoms with Crippen LogP contribution in [0.15, 0.2) is 77.3 Å². The Labute approximate surface area is 182 Å². The van der Waals surface area contributed by atoms with Gasteiger partial charge in [0.1, 0.15) is 16.6 Å². The number of anilines is 1. The Morgan fingerprint density at radius 1 is 0.968 bits per heavy atom. The summed E-state index contributed by atoms with van der Waals surface area (Å²) in [6.45, 7) is 1.81. The maximum Gasteiger partial charge on any atom is 0.231 e. The first-order valence-corrected chi connectivity index (χ1v) is 10.6.